The van der Waals surface area contributed by atoms with Gasteiger partial charge in [0.2, 0.25) is 11.8 Å². The van der Waals surface area contributed by atoms with Crippen molar-refractivity contribution in [3.63, 3.8) is 0 Å². The SMILES string of the molecule is CC(=O)OC(C)C=CC(=O)NC1CC(C)C(CC=C(C)C=CC2OC(CC(=O)N3CCNCC3)CC3(CO3)C2O)OC1C. The molecule has 4 aliphatic rings. The molecule has 0 aromatic carbocycles. The lowest BCUT2D eigenvalue weighted by molar-refractivity contribution is -0.151. The quantitative estimate of drug-likeness (QED) is 0.148. The minimum atomic E-state index is -0.781. The monoisotopic (exact) mass is 603 g/mol. The molecule has 2 amide bonds. The molecule has 9 unspecified atom stereocenters. The smallest absolute Gasteiger partial charge is 0.303 e. The van der Waals surface area contributed by atoms with Gasteiger partial charge in [-0.3, -0.25) is 14.4 Å². The van der Waals surface area contributed by atoms with Gasteiger partial charge < -0.3 is 39.6 Å². The van der Waals surface area contributed by atoms with E-state index in [1.807, 2.05) is 30.9 Å². The number of aliphatic hydroxyl groups is 1. The first-order valence-corrected chi connectivity index (χ1v) is 15.6. The second kappa shape index (κ2) is 14.9. The van der Waals surface area contributed by atoms with Crippen LogP contribution in [0.15, 0.2) is 36.0 Å². The van der Waals surface area contributed by atoms with Gasteiger partial charge in [0.25, 0.3) is 0 Å². The van der Waals surface area contributed by atoms with E-state index in [1.165, 1.54) is 13.0 Å². The summed E-state index contributed by atoms with van der Waals surface area (Å²) in [4.78, 5) is 38.1. The Bertz CT molecular complexity index is 1080. The number of allylic oxidation sites excluding steroid dienone is 2. The summed E-state index contributed by atoms with van der Waals surface area (Å²) in [6.07, 6.45) is 8.94. The van der Waals surface area contributed by atoms with Crippen molar-refractivity contribution in [1.82, 2.24) is 15.5 Å². The van der Waals surface area contributed by atoms with Crippen molar-refractivity contribution in [3.8, 4) is 0 Å². The van der Waals surface area contributed by atoms with Crippen LogP contribution in [0, 0.1) is 5.92 Å². The van der Waals surface area contributed by atoms with E-state index in [1.54, 1.807) is 13.0 Å². The minimum absolute atomic E-state index is 0.00562. The summed E-state index contributed by atoms with van der Waals surface area (Å²) in [5.41, 5.74) is 0.398. The molecule has 9 atom stereocenters. The summed E-state index contributed by atoms with van der Waals surface area (Å²) in [5.74, 6) is -0.328. The van der Waals surface area contributed by atoms with Gasteiger partial charge in [-0.15, -0.1) is 0 Å². The standard InChI is InChI=1S/C32H49N3O8/c1-20(6-9-27-21(2)16-26(23(4)42-27)34-29(37)11-8-22(3)41-24(5)36)7-10-28-31(39)32(19-40-32)18-25(43-28)17-30(38)35-14-12-33-13-15-35/h6-8,10-11,21-23,25-28,31,33,39H,9,12-19H2,1-5H3,(H,34,37). The first-order valence-electron chi connectivity index (χ1n) is 15.6. The van der Waals surface area contributed by atoms with Crippen molar-refractivity contribution >= 4 is 17.8 Å². The number of nitrogens with zero attached hydrogens (tertiary/aromatic N) is 1. The van der Waals surface area contributed by atoms with E-state index in [4.69, 9.17) is 18.9 Å². The number of hydrogen-bond donors (Lipinski definition) is 3. The Morgan fingerprint density at radius 1 is 1.16 bits per heavy atom. The number of aliphatic hydroxyl groups excluding tert-OH is 1. The van der Waals surface area contributed by atoms with E-state index in [0.29, 0.717) is 32.5 Å². The molecular weight excluding hydrogens is 554 g/mol. The van der Waals surface area contributed by atoms with Crippen molar-refractivity contribution in [2.24, 2.45) is 5.92 Å². The Hall–Kier alpha value is -2.57. The minimum Gasteiger partial charge on any atom is -0.459 e. The zero-order chi connectivity index (χ0) is 31.1. The molecular formula is C32H49N3O8. The maximum Gasteiger partial charge on any atom is 0.303 e. The van der Waals surface area contributed by atoms with E-state index in [0.717, 1.165) is 25.1 Å². The Morgan fingerprint density at radius 2 is 1.88 bits per heavy atom. The van der Waals surface area contributed by atoms with Crippen molar-refractivity contribution < 1.29 is 38.4 Å². The molecule has 0 aliphatic carbocycles. The molecule has 0 saturated carbocycles. The second-order valence-corrected chi connectivity index (χ2v) is 12.5. The van der Waals surface area contributed by atoms with Crippen LogP contribution in [0.4, 0.5) is 0 Å². The summed E-state index contributed by atoms with van der Waals surface area (Å²) in [5, 5.41) is 17.2. The van der Waals surface area contributed by atoms with Crippen LogP contribution in [-0.4, -0.2) is 109 Å². The van der Waals surface area contributed by atoms with Gasteiger partial charge in [0.05, 0.1) is 37.4 Å². The maximum atomic E-state index is 12.8. The predicted molar refractivity (Wildman–Crippen MR) is 160 cm³/mol. The third kappa shape index (κ3) is 9.46. The first kappa shape index (κ1) is 33.3. The Kier molecular flexibility index (Phi) is 11.6. The van der Waals surface area contributed by atoms with Crippen LogP contribution in [0.5, 0.6) is 0 Å². The van der Waals surface area contributed by atoms with Gasteiger partial charge in [-0.05, 0) is 45.6 Å². The highest BCUT2D eigenvalue weighted by Crippen LogP contribution is 2.43. The van der Waals surface area contributed by atoms with Gasteiger partial charge in [-0.1, -0.05) is 30.7 Å². The fourth-order valence-electron chi connectivity index (χ4n) is 6.12. The third-order valence-corrected chi connectivity index (χ3v) is 8.80. The summed E-state index contributed by atoms with van der Waals surface area (Å²) < 4.78 is 23.2. The van der Waals surface area contributed by atoms with Crippen LogP contribution in [0.1, 0.15) is 60.3 Å². The third-order valence-electron chi connectivity index (χ3n) is 8.80. The van der Waals surface area contributed by atoms with Gasteiger partial charge in [-0.2, -0.15) is 0 Å². The van der Waals surface area contributed by atoms with Gasteiger partial charge in [-0.25, -0.2) is 0 Å². The molecule has 0 radical (unpaired) electrons. The average Bonchev–Trinajstić information content (AvgIpc) is 3.74. The number of piperazine rings is 1. The largest absolute Gasteiger partial charge is 0.459 e. The molecule has 240 valence electrons. The van der Waals surface area contributed by atoms with Crippen LogP contribution < -0.4 is 10.6 Å². The highest BCUT2D eigenvalue weighted by molar-refractivity contribution is 5.87. The van der Waals surface area contributed by atoms with E-state index < -0.39 is 29.9 Å². The number of carbonyl (C=O) groups is 3. The van der Waals surface area contributed by atoms with Gasteiger partial charge in [0.15, 0.2) is 0 Å². The molecule has 3 N–H and O–H groups in total. The lowest BCUT2D eigenvalue weighted by Crippen LogP contribution is -2.52. The van der Waals surface area contributed by atoms with Gasteiger partial charge in [0, 0.05) is 45.6 Å². The summed E-state index contributed by atoms with van der Waals surface area (Å²) >= 11 is 0. The zero-order valence-electron chi connectivity index (χ0n) is 26.1. The van der Waals surface area contributed by atoms with E-state index in [2.05, 4.69) is 23.6 Å². The zero-order valence-corrected chi connectivity index (χ0v) is 26.1. The number of hydrogen-bond acceptors (Lipinski definition) is 9. The van der Waals surface area contributed by atoms with Crippen LogP contribution in [0.2, 0.25) is 0 Å². The lowest BCUT2D eigenvalue weighted by Gasteiger charge is -2.39. The molecule has 0 aromatic heterocycles. The normalized spacial score (nSPS) is 35.7. The molecule has 4 saturated heterocycles. The topological polar surface area (TPSA) is 139 Å². The molecule has 11 nitrogen and oxygen atoms in total. The van der Waals surface area contributed by atoms with Crippen molar-refractivity contribution in [1.29, 1.82) is 0 Å². The fraction of sp³-hybridized carbons (Fsp3) is 0.719. The molecule has 4 fully saturated rings. The maximum absolute atomic E-state index is 12.8. The Morgan fingerprint density at radius 3 is 2.56 bits per heavy atom. The fourth-order valence-corrected chi connectivity index (χ4v) is 6.12. The van der Waals surface area contributed by atoms with Crippen molar-refractivity contribution in [2.75, 3.05) is 32.8 Å². The van der Waals surface area contributed by atoms with Crippen LogP contribution in [0.25, 0.3) is 0 Å². The van der Waals surface area contributed by atoms with Gasteiger partial charge in [0.1, 0.15) is 23.9 Å². The van der Waals surface area contributed by atoms with Crippen molar-refractivity contribution in [3.05, 3.63) is 36.0 Å². The van der Waals surface area contributed by atoms with E-state index in [-0.39, 0.29) is 48.5 Å². The van der Waals surface area contributed by atoms with Crippen LogP contribution in [-0.2, 0) is 33.3 Å². The number of epoxide rings is 1. The predicted octanol–water partition coefficient (Wildman–Crippen LogP) is 1.79. The number of ether oxygens (including phenoxy) is 4. The number of carbonyl (C=O) groups excluding carboxylic acids is 3. The summed E-state index contributed by atoms with van der Waals surface area (Å²) in [6.45, 7) is 12.6. The van der Waals surface area contributed by atoms with E-state index in [9.17, 15) is 19.5 Å². The number of amides is 2. The van der Waals surface area contributed by atoms with Crippen molar-refractivity contribution in [2.45, 2.75) is 109 Å². The molecule has 43 heavy (non-hydrogen) atoms. The van der Waals surface area contributed by atoms with Crippen LogP contribution in [0.3, 0.4) is 0 Å². The Labute approximate surface area is 255 Å². The number of nitrogens with one attached hydrogen (secondary N) is 2. The van der Waals surface area contributed by atoms with E-state index >= 15 is 0 Å². The molecule has 0 bridgehead atoms. The highest BCUT2D eigenvalue weighted by Gasteiger charge is 2.58. The number of esters is 1. The molecule has 4 aliphatic heterocycles. The molecule has 11 heteroatoms. The summed E-state index contributed by atoms with van der Waals surface area (Å²) in [7, 11) is 0. The molecule has 1 spiro atoms. The highest BCUT2D eigenvalue weighted by atomic mass is 16.6. The molecule has 4 rings (SSSR count). The second-order valence-electron chi connectivity index (χ2n) is 12.5. The Balaban J connectivity index is 1.26. The average molecular weight is 604 g/mol. The lowest BCUT2D eigenvalue weighted by atomic mass is 9.87. The molecule has 0 aromatic rings. The molecule has 4 heterocycles. The summed E-state index contributed by atoms with van der Waals surface area (Å²) in [6, 6.07) is -0.120. The first-order chi connectivity index (χ1) is 20.5. The van der Waals surface area contributed by atoms with Crippen LogP contribution >= 0.6 is 0 Å². The number of rotatable bonds is 10. The van der Waals surface area contributed by atoms with Gasteiger partial charge >= 0.3 is 5.97 Å².